The fourth-order valence-electron chi connectivity index (χ4n) is 3.90. The Morgan fingerprint density at radius 2 is 1.93 bits per heavy atom. The SMILES string of the molecule is CCc1ccc(C(c2cc(OC)ccc2OC)N2CCCC2C(=O)O)cc1. The zero-order chi connectivity index (χ0) is 19.4. The summed E-state index contributed by atoms with van der Waals surface area (Å²) in [6, 6.07) is 13.4. The number of methoxy groups -OCH3 is 2. The highest BCUT2D eigenvalue weighted by molar-refractivity contribution is 5.74. The molecule has 0 radical (unpaired) electrons. The Morgan fingerprint density at radius 3 is 2.52 bits per heavy atom. The van der Waals surface area contributed by atoms with E-state index in [9.17, 15) is 9.90 Å². The lowest BCUT2D eigenvalue weighted by atomic mass is 9.94. The molecule has 144 valence electrons. The molecule has 1 aliphatic rings. The van der Waals surface area contributed by atoms with E-state index in [1.165, 1.54) is 5.56 Å². The number of hydrogen-bond donors (Lipinski definition) is 1. The molecule has 1 N–H and O–H groups in total. The molecule has 2 unspecified atom stereocenters. The Hall–Kier alpha value is -2.53. The lowest BCUT2D eigenvalue weighted by Gasteiger charge is -2.33. The van der Waals surface area contributed by atoms with Crippen LogP contribution in [0.25, 0.3) is 0 Å². The molecule has 27 heavy (non-hydrogen) atoms. The first-order valence-corrected chi connectivity index (χ1v) is 9.38. The van der Waals surface area contributed by atoms with Crippen LogP contribution in [0, 0.1) is 0 Å². The number of carboxylic acid groups (broad SMARTS) is 1. The first-order valence-electron chi connectivity index (χ1n) is 9.38. The third-order valence-corrected chi connectivity index (χ3v) is 5.35. The predicted octanol–water partition coefficient (Wildman–Crippen LogP) is 3.90. The van der Waals surface area contributed by atoms with Crippen LogP contribution in [0.5, 0.6) is 11.5 Å². The van der Waals surface area contributed by atoms with Crippen LogP contribution in [0.2, 0.25) is 0 Å². The topological polar surface area (TPSA) is 59.0 Å². The quantitative estimate of drug-likeness (QED) is 0.802. The molecule has 5 heteroatoms. The van der Waals surface area contributed by atoms with E-state index in [0.717, 1.165) is 42.0 Å². The zero-order valence-electron chi connectivity index (χ0n) is 16.1. The molecule has 0 aliphatic carbocycles. The molecule has 3 rings (SSSR count). The summed E-state index contributed by atoms with van der Waals surface area (Å²) in [4.78, 5) is 13.9. The number of carboxylic acids is 1. The van der Waals surface area contributed by atoms with Gasteiger partial charge in [0.25, 0.3) is 0 Å². The van der Waals surface area contributed by atoms with Gasteiger partial charge in [0.15, 0.2) is 0 Å². The molecule has 0 aromatic heterocycles. The van der Waals surface area contributed by atoms with Gasteiger partial charge in [0.2, 0.25) is 0 Å². The Kier molecular flexibility index (Phi) is 6.01. The van der Waals surface area contributed by atoms with Crippen molar-refractivity contribution in [2.24, 2.45) is 0 Å². The number of nitrogens with zero attached hydrogens (tertiary/aromatic N) is 1. The number of likely N-dealkylation sites (tertiary alicyclic amines) is 1. The highest BCUT2D eigenvalue weighted by Crippen LogP contribution is 2.40. The van der Waals surface area contributed by atoms with Crippen LogP contribution in [0.3, 0.4) is 0 Å². The summed E-state index contributed by atoms with van der Waals surface area (Å²) < 4.78 is 11.0. The number of aryl methyl sites for hydroxylation is 1. The van der Waals surface area contributed by atoms with Gasteiger partial charge in [-0.2, -0.15) is 0 Å². The van der Waals surface area contributed by atoms with Crippen LogP contribution in [0.1, 0.15) is 42.5 Å². The Bertz CT molecular complexity index is 787. The molecule has 1 heterocycles. The lowest BCUT2D eigenvalue weighted by Crippen LogP contribution is -2.39. The van der Waals surface area contributed by atoms with Crippen molar-refractivity contribution < 1.29 is 19.4 Å². The average molecular weight is 369 g/mol. The number of ether oxygens (including phenoxy) is 2. The second kappa shape index (κ2) is 8.44. The van der Waals surface area contributed by atoms with Gasteiger partial charge >= 0.3 is 5.97 Å². The molecule has 5 nitrogen and oxygen atoms in total. The molecule has 0 amide bonds. The highest BCUT2D eigenvalue weighted by atomic mass is 16.5. The van der Waals surface area contributed by atoms with Crippen molar-refractivity contribution in [2.45, 2.75) is 38.3 Å². The predicted molar refractivity (Wildman–Crippen MR) is 105 cm³/mol. The van der Waals surface area contributed by atoms with Crippen LogP contribution >= 0.6 is 0 Å². The maximum atomic E-state index is 11.9. The van der Waals surface area contributed by atoms with Crippen molar-refractivity contribution in [1.82, 2.24) is 4.90 Å². The van der Waals surface area contributed by atoms with Gasteiger partial charge in [-0.05, 0) is 48.6 Å². The minimum absolute atomic E-state index is 0.204. The molecule has 0 saturated carbocycles. The van der Waals surface area contributed by atoms with E-state index < -0.39 is 12.0 Å². The van der Waals surface area contributed by atoms with Gasteiger partial charge < -0.3 is 14.6 Å². The van der Waals surface area contributed by atoms with Gasteiger partial charge in [-0.3, -0.25) is 9.69 Å². The summed E-state index contributed by atoms with van der Waals surface area (Å²) in [6.07, 6.45) is 2.49. The third kappa shape index (κ3) is 3.93. The highest BCUT2D eigenvalue weighted by Gasteiger charge is 2.38. The number of hydrogen-bond acceptors (Lipinski definition) is 4. The van der Waals surface area contributed by atoms with Crippen molar-refractivity contribution in [3.63, 3.8) is 0 Å². The molecule has 1 fully saturated rings. The van der Waals surface area contributed by atoms with E-state index in [0.29, 0.717) is 6.42 Å². The fraction of sp³-hybridized carbons (Fsp3) is 0.409. The normalized spacial score (nSPS) is 18.3. The second-order valence-electron chi connectivity index (χ2n) is 6.84. The molecular weight excluding hydrogens is 342 g/mol. The van der Waals surface area contributed by atoms with Crippen molar-refractivity contribution in [1.29, 1.82) is 0 Å². The first-order chi connectivity index (χ1) is 13.1. The van der Waals surface area contributed by atoms with Gasteiger partial charge in [0.1, 0.15) is 17.5 Å². The minimum Gasteiger partial charge on any atom is -0.497 e. The van der Waals surface area contributed by atoms with E-state index in [1.807, 2.05) is 18.2 Å². The average Bonchev–Trinajstić information content (AvgIpc) is 3.18. The third-order valence-electron chi connectivity index (χ3n) is 5.35. The van der Waals surface area contributed by atoms with E-state index in [4.69, 9.17) is 9.47 Å². The van der Waals surface area contributed by atoms with Gasteiger partial charge in [-0.1, -0.05) is 31.2 Å². The number of rotatable bonds is 7. The van der Waals surface area contributed by atoms with Crippen molar-refractivity contribution in [2.75, 3.05) is 20.8 Å². The fourth-order valence-corrected chi connectivity index (χ4v) is 3.90. The van der Waals surface area contributed by atoms with Crippen LogP contribution in [-0.2, 0) is 11.2 Å². The molecule has 2 aromatic rings. The molecule has 0 bridgehead atoms. The minimum atomic E-state index is -0.774. The molecular formula is C22H27NO4. The van der Waals surface area contributed by atoms with Crippen molar-refractivity contribution in [3.05, 3.63) is 59.2 Å². The van der Waals surface area contributed by atoms with E-state index >= 15 is 0 Å². The molecule has 2 atom stereocenters. The number of aliphatic carboxylic acids is 1. The Labute approximate surface area is 160 Å². The Balaban J connectivity index is 2.13. The van der Waals surface area contributed by atoms with Gasteiger partial charge in [-0.25, -0.2) is 0 Å². The largest absolute Gasteiger partial charge is 0.497 e. The summed E-state index contributed by atoms with van der Waals surface area (Å²) in [6.45, 7) is 2.86. The second-order valence-corrected chi connectivity index (χ2v) is 6.84. The monoisotopic (exact) mass is 369 g/mol. The molecule has 0 spiro atoms. The van der Waals surface area contributed by atoms with E-state index in [1.54, 1.807) is 14.2 Å². The molecule has 1 saturated heterocycles. The van der Waals surface area contributed by atoms with Crippen molar-refractivity contribution in [3.8, 4) is 11.5 Å². The smallest absolute Gasteiger partial charge is 0.320 e. The number of benzene rings is 2. The van der Waals surface area contributed by atoms with Crippen LogP contribution < -0.4 is 9.47 Å². The van der Waals surface area contributed by atoms with E-state index in [2.05, 4.69) is 36.1 Å². The Morgan fingerprint density at radius 1 is 1.19 bits per heavy atom. The summed E-state index contributed by atoms with van der Waals surface area (Å²) in [5.74, 6) is 0.688. The molecule has 2 aromatic carbocycles. The van der Waals surface area contributed by atoms with Gasteiger partial charge in [-0.15, -0.1) is 0 Å². The van der Waals surface area contributed by atoms with Crippen LogP contribution in [0.4, 0.5) is 0 Å². The van der Waals surface area contributed by atoms with Crippen molar-refractivity contribution >= 4 is 5.97 Å². The summed E-state index contributed by atoms with van der Waals surface area (Å²) in [5, 5.41) is 9.74. The van der Waals surface area contributed by atoms with Gasteiger partial charge in [0, 0.05) is 12.1 Å². The zero-order valence-corrected chi connectivity index (χ0v) is 16.1. The summed E-state index contributed by atoms with van der Waals surface area (Å²) >= 11 is 0. The van der Waals surface area contributed by atoms with Crippen LogP contribution in [-0.4, -0.2) is 42.8 Å². The summed E-state index contributed by atoms with van der Waals surface area (Å²) in [5.41, 5.74) is 3.24. The standard InChI is InChI=1S/C22H27NO4/c1-4-15-7-9-16(10-8-15)21(23-13-5-6-19(23)22(24)25)18-14-17(26-2)11-12-20(18)27-3/h7-12,14,19,21H,4-6,13H2,1-3H3,(H,24,25). The maximum absolute atomic E-state index is 11.9. The van der Waals surface area contributed by atoms with E-state index in [-0.39, 0.29) is 6.04 Å². The maximum Gasteiger partial charge on any atom is 0.320 e. The number of carbonyl (C=O) groups is 1. The van der Waals surface area contributed by atoms with Crippen LogP contribution in [0.15, 0.2) is 42.5 Å². The first kappa shape index (κ1) is 19.2. The lowest BCUT2D eigenvalue weighted by molar-refractivity contribution is -0.142. The molecule has 1 aliphatic heterocycles. The summed E-state index contributed by atoms with van der Waals surface area (Å²) in [7, 11) is 3.27. The van der Waals surface area contributed by atoms with Gasteiger partial charge in [0.05, 0.1) is 20.3 Å².